The molecule has 0 saturated carbocycles. The lowest BCUT2D eigenvalue weighted by molar-refractivity contribution is -0.130. The summed E-state index contributed by atoms with van der Waals surface area (Å²) >= 11 is 0. The molecule has 0 heterocycles. The zero-order valence-electron chi connectivity index (χ0n) is 8.15. The number of aliphatic carboxylic acids is 1. The Morgan fingerprint density at radius 2 is 2.07 bits per heavy atom. The molecule has 1 aromatic rings. The fraction of sp³-hybridized carbons (Fsp3) is 0.182. The van der Waals surface area contributed by atoms with Crippen molar-refractivity contribution in [3.63, 3.8) is 0 Å². The van der Waals surface area contributed by atoms with Gasteiger partial charge >= 0.3 is 5.97 Å². The number of hydrogen-bond acceptors (Lipinski definition) is 2. The number of methoxy groups -OCH3 is 1. The molecule has 0 amide bonds. The average Bonchev–Trinajstić information content (AvgIpc) is 2.19. The lowest BCUT2D eigenvalue weighted by atomic mass is 10.1. The molecule has 0 aromatic heterocycles. The molecule has 1 N–H and O–H groups in total. The number of carboxylic acids is 1. The molecular formula is C11H12O3. The van der Waals surface area contributed by atoms with Crippen LogP contribution in [0.2, 0.25) is 0 Å². The van der Waals surface area contributed by atoms with Crippen molar-refractivity contribution in [3.8, 4) is 5.75 Å². The number of para-hydroxylation sites is 1. The average molecular weight is 192 g/mol. The summed E-state index contributed by atoms with van der Waals surface area (Å²) in [6, 6.07) is 7.05. The Morgan fingerprint density at radius 1 is 1.43 bits per heavy atom. The van der Waals surface area contributed by atoms with Gasteiger partial charge in [0.25, 0.3) is 0 Å². The maximum atomic E-state index is 10.9. The first-order chi connectivity index (χ1) is 6.70. The number of ether oxygens (including phenoxy) is 1. The van der Waals surface area contributed by atoms with Gasteiger partial charge in [0, 0.05) is 5.56 Å². The van der Waals surface area contributed by atoms with E-state index >= 15 is 0 Å². The summed E-state index contributed by atoms with van der Waals surface area (Å²) in [5.41, 5.74) is 0.854. The molecule has 0 bridgehead atoms. The SMILES string of the molecule is C/C=C(\C(=O)O)c1ccccc1OC. The highest BCUT2D eigenvalue weighted by Gasteiger charge is 2.12. The molecule has 0 radical (unpaired) electrons. The normalized spacial score (nSPS) is 11.1. The van der Waals surface area contributed by atoms with E-state index in [2.05, 4.69) is 0 Å². The van der Waals surface area contributed by atoms with E-state index in [1.807, 2.05) is 0 Å². The topological polar surface area (TPSA) is 46.5 Å². The Kier molecular flexibility index (Phi) is 3.29. The van der Waals surface area contributed by atoms with Crippen LogP contribution in [0.3, 0.4) is 0 Å². The fourth-order valence-electron chi connectivity index (χ4n) is 1.26. The minimum Gasteiger partial charge on any atom is -0.496 e. The van der Waals surface area contributed by atoms with Crippen molar-refractivity contribution in [2.45, 2.75) is 6.92 Å². The number of benzene rings is 1. The highest BCUT2D eigenvalue weighted by molar-refractivity contribution is 6.16. The summed E-state index contributed by atoms with van der Waals surface area (Å²) in [4.78, 5) is 10.9. The van der Waals surface area contributed by atoms with Gasteiger partial charge in [0.05, 0.1) is 12.7 Å². The second-order valence-corrected chi connectivity index (χ2v) is 2.71. The van der Waals surface area contributed by atoms with Gasteiger partial charge in [-0.2, -0.15) is 0 Å². The lowest BCUT2D eigenvalue weighted by Gasteiger charge is -2.07. The number of carboxylic acid groups (broad SMARTS) is 1. The van der Waals surface area contributed by atoms with Crippen molar-refractivity contribution in [1.29, 1.82) is 0 Å². The molecule has 0 spiro atoms. The van der Waals surface area contributed by atoms with Gasteiger partial charge in [-0.25, -0.2) is 4.79 Å². The Balaban J connectivity index is 3.23. The minimum absolute atomic E-state index is 0.252. The Morgan fingerprint density at radius 3 is 2.57 bits per heavy atom. The molecule has 0 aliphatic heterocycles. The highest BCUT2D eigenvalue weighted by Crippen LogP contribution is 2.25. The molecular weight excluding hydrogens is 180 g/mol. The quantitative estimate of drug-likeness (QED) is 0.746. The van der Waals surface area contributed by atoms with E-state index in [0.717, 1.165) is 0 Å². The van der Waals surface area contributed by atoms with E-state index in [-0.39, 0.29) is 5.57 Å². The van der Waals surface area contributed by atoms with Gasteiger partial charge in [-0.1, -0.05) is 24.3 Å². The van der Waals surface area contributed by atoms with Gasteiger partial charge in [0.15, 0.2) is 0 Å². The van der Waals surface area contributed by atoms with Gasteiger partial charge < -0.3 is 9.84 Å². The van der Waals surface area contributed by atoms with Gasteiger partial charge in [0.1, 0.15) is 5.75 Å². The highest BCUT2D eigenvalue weighted by atomic mass is 16.5. The van der Waals surface area contributed by atoms with E-state index in [4.69, 9.17) is 9.84 Å². The molecule has 14 heavy (non-hydrogen) atoms. The van der Waals surface area contributed by atoms with Crippen LogP contribution >= 0.6 is 0 Å². The van der Waals surface area contributed by atoms with E-state index in [1.165, 1.54) is 7.11 Å². The maximum absolute atomic E-state index is 10.9. The standard InChI is InChI=1S/C11H12O3/c1-3-8(11(12)13)9-6-4-5-7-10(9)14-2/h3-7H,1-2H3,(H,12,13)/b8-3-. The van der Waals surface area contributed by atoms with Crippen LogP contribution in [-0.4, -0.2) is 18.2 Å². The molecule has 0 fully saturated rings. The van der Waals surface area contributed by atoms with Gasteiger partial charge in [-0.05, 0) is 13.0 Å². The summed E-state index contributed by atoms with van der Waals surface area (Å²) in [6.07, 6.45) is 1.56. The largest absolute Gasteiger partial charge is 0.496 e. The molecule has 74 valence electrons. The summed E-state index contributed by atoms with van der Waals surface area (Å²) in [5, 5.41) is 8.92. The van der Waals surface area contributed by atoms with Crippen molar-refractivity contribution in [3.05, 3.63) is 35.9 Å². The van der Waals surface area contributed by atoms with Crippen LogP contribution in [0.15, 0.2) is 30.3 Å². The molecule has 1 rings (SSSR count). The van der Waals surface area contributed by atoms with Crippen LogP contribution in [0.25, 0.3) is 5.57 Å². The smallest absolute Gasteiger partial charge is 0.336 e. The molecule has 3 nitrogen and oxygen atoms in total. The van der Waals surface area contributed by atoms with Crippen LogP contribution in [0.4, 0.5) is 0 Å². The zero-order valence-corrected chi connectivity index (χ0v) is 8.15. The fourth-order valence-corrected chi connectivity index (χ4v) is 1.26. The van der Waals surface area contributed by atoms with E-state index in [0.29, 0.717) is 11.3 Å². The summed E-state index contributed by atoms with van der Waals surface area (Å²) in [7, 11) is 1.52. The number of allylic oxidation sites excluding steroid dienone is 1. The molecule has 0 atom stereocenters. The Bertz CT molecular complexity index is 367. The molecule has 1 aromatic carbocycles. The predicted octanol–water partition coefficient (Wildman–Crippen LogP) is 2.18. The molecule has 0 unspecified atom stereocenters. The first-order valence-corrected chi connectivity index (χ1v) is 4.23. The third-order valence-corrected chi connectivity index (χ3v) is 1.92. The van der Waals surface area contributed by atoms with E-state index in [1.54, 1.807) is 37.3 Å². The lowest BCUT2D eigenvalue weighted by Crippen LogP contribution is -2.01. The van der Waals surface area contributed by atoms with Gasteiger partial charge in [-0.3, -0.25) is 0 Å². The Labute approximate surface area is 82.6 Å². The van der Waals surface area contributed by atoms with Crippen molar-refractivity contribution in [2.75, 3.05) is 7.11 Å². The van der Waals surface area contributed by atoms with Crippen LogP contribution in [-0.2, 0) is 4.79 Å². The number of hydrogen-bond donors (Lipinski definition) is 1. The number of rotatable bonds is 3. The molecule has 0 saturated heterocycles. The van der Waals surface area contributed by atoms with Crippen molar-refractivity contribution < 1.29 is 14.6 Å². The van der Waals surface area contributed by atoms with Gasteiger partial charge in [-0.15, -0.1) is 0 Å². The van der Waals surface area contributed by atoms with Crippen molar-refractivity contribution in [1.82, 2.24) is 0 Å². The molecule has 0 aliphatic carbocycles. The monoisotopic (exact) mass is 192 g/mol. The van der Waals surface area contributed by atoms with Crippen LogP contribution < -0.4 is 4.74 Å². The maximum Gasteiger partial charge on any atom is 0.336 e. The molecule has 0 aliphatic rings. The van der Waals surface area contributed by atoms with Crippen LogP contribution in [0.5, 0.6) is 5.75 Å². The third-order valence-electron chi connectivity index (χ3n) is 1.92. The first-order valence-electron chi connectivity index (χ1n) is 4.23. The van der Waals surface area contributed by atoms with Gasteiger partial charge in [0.2, 0.25) is 0 Å². The summed E-state index contributed by atoms with van der Waals surface area (Å²) in [6.45, 7) is 1.69. The summed E-state index contributed by atoms with van der Waals surface area (Å²) in [5.74, 6) is -0.375. The number of carbonyl (C=O) groups is 1. The van der Waals surface area contributed by atoms with Crippen molar-refractivity contribution in [2.24, 2.45) is 0 Å². The second-order valence-electron chi connectivity index (χ2n) is 2.71. The second kappa shape index (κ2) is 4.46. The van der Waals surface area contributed by atoms with E-state index in [9.17, 15) is 4.79 Å². The predicted molar refractivity (Wildman–Crippen MR) is 54.3 cm³/mol. The van der Waals surface area contributed by atoms with Crippen molar-refractivity contribution >= 4 is 11.5 Å². The van der Waals surface area contributed by atoms with E-state index < -0.39 is 5.97 Å². The summed E-state index contributed by atoms with van der Waals surface area (Å²) < 4.78 is 5.07. The third kappa shape index (κ3) is 1.93. The van der Waals surface area contributed by atoms with Crippen LogP contribution in [0, 0.1) is 0 Å². The Hall–Kier alpha value is -1.77. The zero-order chi connectivity index (χ0) is 10.6. The first kappa shape index (κ1) is 10.3. The molecule has 3 heteroatoms. The minimum atomic E-state index is -0.947. The van der Waals surface area contributed by atoms with Crippen LogP contribution in [0.1, 0.15) is 12.5 Å².